The number of hydrogen-bond acceptors (Lipinski definition) is 4. The lowest BCUT2D eigenvalue weighted by molar-refractivity contribution is 0.562. The van der Waals surface area contributed by atoms with Gasteiger partial charge in [-0.05, 0) is 35.7 Å². The van der Waals surface area contributed by atoms with Crippen LogP contribution in [0.4, 0.5) is 15.8 Å². The van der Waals surface area contributed by atoms with Crippen LogP contribution in [-0.2, 0) is 0 Å². The van der Waals surface area contributed by atoms with Gasteiger partial charge in [0.15, 0.2) is 0 Å². The van der Waals surface area contributed by atoms with Gasteiger partial charge in [0.2, 0.25) is 0 Å². The molecule has 1 saturated heterocycles. The third-order valence-corrected chi connectivity index (χ3v) is 5.42. The van der Waals surface area contributed by atoms with E-state index in [1.807, 2.05) is 42.5 Å². The van der Waals surface area contributed by atoms with Crippen molar-refractivity contribution >= 4 is 33.1 Å². The molecular weight excluding hydrogens is 355 g/mol. The van der Waals surface area contributed by atoms with Gasteiger partial charge in [0.1, 0.15) is 11.4 Å². The van der Waals surface area contributed by atoms with Crippen LogP contribution in [0.3, 0.4) is 0 Å². The van der Waals surface area contributed by atoms with Gasteiger partial charge in [0, 0.05) is 48.7 Å². The lowest BCUT2D eigenvalue weighted by Gasteiger charge is -2.37. The Balaban J connectivity index is 1.49. The van der Waals surface area contributed by atoms with Crippen molar-refractivity contribution in [3.8, 4) is 0 Å². The van der Waals surface area contributed by atoms with Gasteiger partial charge in [-0.25, -0.2) is 9.18 Å². The summed E-state index contributed by atoms with van der Waals surface area (Å²) in [4.78, 5) is 16.7. The normalized spacial score (nSPS) is 14.8. The number of hydrogen-bond donors (Lipinski definition) is 0. The molecule has 5 heteroatoms. The first kappa shape index (κ1) is 16.8. The molecule has 28 heavy (non-hydrogen) atoms. The van der Waals surface area contributed by atoms with Crippen molar-refractivity contribution in [1.82, 2.24) is 0 Å². The molecule has 4 aromatic rings. The van der Waals surface area contributed by atoms with Gasteiger partial charge in [0.25, 0.3) is 0 Å². The summed E-state index contributed by atoms with van der Waals surface area (Å²) < 4.78 is 18.7. The highest BCUT2D eigenvalue weighted by molar-refractivity contribution is 6.08. The third kappa shape index (κ3) is 2.89. The van der Waals surface area contributed by atoms with Crippen LogP contribution in [-0.4, -0.2) is 26.2 Å². The Bertz CT molecular complexity index is 1210. The maximum Gasteiger partial charge on any atom is 0.338 e. The second-order valence-corrected chi connectivity index (χ2v) is 7.06. The SMILES string of the molecule is O=c1cc(N2CCN(c3ccc(F)cc3)CC2)c2ccc3ccccc3c2o1. The highest BCUT2D eigenvalue weighted by Crippen LogP contribution is 2.31. The first-order chi connectivity index (χ1) is 13.7. The summed E-state index contributed by atoms with van der Waals surface area (Å²) >= 11 is 0. The van der Waals surface area contributed by atoms with Crippen LogP contribution in [0.5, 0.6) is 0 Å². The van der Waals surface area contributed by atoms with Gasteiger partial charge in [-0.3, -0.25) is 0 Å². The van der Waals surface area contributed by atoms with Crippen molar-refractivity contribution in [2.24, 2.45) is 0 Å². The van der Waals surface area contributed by atoms with E-state index < -0.39 is 0 Å². The average molecular weight is 374 g/mol. The van der Waals surface area contributed by atoms with Crippen molar-refractivity contribution in [2.45, 2.75) is 0 Å². The standard InChI is InChI=1S/C23H19FN2O2/c24-17-6-8-18(9-7-17)25-11-13-26(14-12-25)21-15-22(27)28-23-19-4-2-1-3-16(19)5-10-20(21)23/h1-10,15H,11-14H2. The Hall–Kier alpha value is -3.34. The molecule has 0 atom stereocenters. The van der Waals surface area contributed by atoms with Gasteiger partial charge < -0.3 is 14.2 Å². The van der Waals surface area contributed by atoms with Crippen LogP contribution in [0.2, 0.25) is 0 Å². The Morgan fingerprint density at radius 1 is 0.786 bits per heavy atom. The predicted octanol–water partition coefficient (Wildman–Crippen LogP) is 4.41. The molecule has 1 aromatic heterocycles. The molecule has 1 fully saturated rings. The molecule has 1 aliphatic heterocycles. The maximum absolute atomic E-state index is 13.2. The van der Waals surface area contributed by atoms with E-state index in [4.69, 9.17) is 4.42 Å². The van der Waals surface area contributed by atoms with Gasteiger partial charge in [-0.2, -0.15) is 0 Å². The fourth-order valence-corrected chi connectivity index (χ4v) is 3.99. The Morgan fingerprint density at radius 3 is 2.29 bits per heavy atom. The molecule has 0 saturated carbocycles. The summed E-state index contributed by atoms with van der Waals surface area (Å²) in [5, 5.41) is 2.95. The zero-order chi connectivity index (χ0) is 19.1. The van der Waals surface area contributed by atoms with E-state index in [2.05, 4.69) is 15.9 Å². The van der Waals surface area contributed by atoms with Crippen molar-refractivity contribution in [3.05, 3.63) is 83.0 Å². The second kappa shape index (κ2) is 6.68. The zero-order valence-corrected chi connectivity index (χ0v) is 15.3. The Morgan fingerprint density at radius 2 is 1.50 bits per heavy atom. The number of rotatable bonds is 2. The number of fused-ring (bicyclic) bond motifs is 3. The molecular formula is C23H19FN2O2. The van der Waals surface area contributed by atoms with E-state index in [1.54, 1.807) is 6.07 Å². The molecule has 0 N–H and O–H groups in total. The molecule has 140 valence electrons. The molecule has 4 nitrogen and oxygen atoms in total. The minimum absolute atomic E-state index is 0.225. The fourth-order valence-electron chi connectivity index (χ4n) is 3.99. The molecule has 0 bridgehead atoms. The van der Waals surface area contributed by atoms with Gasteiger partial charge >= 0.3 is 5.63 Å². The van der Waals surface area contributed by atoms with E-state index in [0.29, 0.717) is 5.58 Å². The van der Waals surface area contributed by atoms with E-state index in [1.165, 1.54) is 12.1 Å². The molecule has 0 unspecified atom stereocenters. The number of anilines is 2. The van der Waals surface area contributed by atoms with E-state index in [9.17, 15) is 9.18 Å². The molecule has 0 radical (unpaired) electrons. The summed E-state index contributed by atoms with van der Waals surface area (Å²) in [6.45, 7) is 3.17. The summed E-state index contributed by atoms with van der Waals surface area (Å²) in [7, 11) is 0. The van der Waals surface area contributed by atoms with Crippen LogP contribution in [0.15, 0.2) is 75.9 Å². The van der Waals surface area contributed by atoms with Crippen LogP contribution in [0.25, 0.3) is 21.7 Å². The summed E-state index contributed by atoms with van der Waals surface area (Å²) in [6.07, 6.45) is 0. The summed E-state index contributed by atoms with van der Waals surface area (Å²) in [6, 6.07) is 20.2. The van der Waals surface area contributed by atoms with Crippen LogP contribution in [0.1, 0.15) is 0 Å². The van der Waals surface area contributed by atoms with Crippen molar-refractivity contribution in [2.75, 3.05) is 36.0 Å². The summed E-state index contributed by atoms with van der Waals surface area (Å²) in [5.74, 6) is -0.225. The van der Waals surface area contributed by atoms with Gasteiger partial charge in [-0.1, -0.05) is 30.3 Å². The zero-order valence-electron chi connectivity index (χ0n) is 15.3. The average Bonchev–Trinajstić information content (AvgIpc) is 2.74. The van der Waals surface area contributed by atoms with Crippen molar-refractivity contribution < 1.29 is 8.81 Å². The van der Waals surface area contributed by atoms with Crippen LogP contribution >= 0.6 is 0 Å². The van der Waals surface area contributed by atoms with Gasteiger partial charge in [-0.15, -0.1) is 0 Å². The predicted molar refractivity (Wildman–Crippen MR) is 111 cm³/mol. The number of halogens is 1. The molecule has 5 rings (SSSR count). The number of piperazine rings is 1. The van der Waals surface area contributed by atoms with Crippen LogP contribution in [0, 0.1) is 5.82 Å². The van der Waals surface area contributed by atoms with E-state index in [-0.39, 0.29) is 11.4 Å². The number of nitrogens with zero attached hydrogens (tertiary/aromatic N) is 2. The quantitative estimate of drug-likeness (QED) is 0.385. The molecule has 1 aliphatic rings. The summed E-state index contributed by atoms with van der Waals surface area (Å²) in [5.41, 5.74) is 2.24. The third-order valence-electron chi connectivity index (χ3n) is 5.42. The fraction of sp³-hybridized carbons (Fsp3) is 0.174. The van der Waals surface area contributed by atoms with E-state index in [0.717, 1.165) is 53.7 Å². The molecule has 0 aliphatic carbocycles. The minimum atomic E-state index is -0.334. The first-order valence-electron chi connectivity index (χ1n) is 9.40. The molecule has 3 aromatic carbocycles. The molecule has 0 amide bonds. The monoisotopic (exact) mass is 374 g/mol. The Kier molecular flexibility index (Phi) is 4.01. The van der Waals surface area contributed by atoms with Crippen molar-refractivity contribution in [1.29, 1.82) is 0 Å². The largest absolute Gasteiger partial charge is 0.422 e. The second-order valence-electron chi connectivity index (χ2n) is 7.06. The minimum Gasteiger partial charge on any atom is -0.422 e. The smallest absolute Gasteiger partial charge is 0.338 e. The highest BCUT2D eigenvalue weighted by Gasteiger charge is 2.21. The topological polar surface area (TPSA) is 36.7 Å². The Labute approximate surface area is 161 Å². The van der Waals surface area contributed by atoms with Crippen molar-refractivity contribution in [3.63, 3.8) is 0 Å². The lowest BCUT2D eigenvalue weighted by atomic mass is 10.1. The number of benzene rings is 3. The highest BCUT2D eigenvalue weighted by atomic mass is 19.1. The first-order valence-corrected chi connectivity index (χ1v) is 9.40. The molecule has 2 heterocycles. The van der Waals surface area contributed by atoms with E-state index >= 15 is 0 Å². The maximum atomic E-state index is 13.2. The lowest BCUT2D eigenvalue weighted by Crippen LogP contribution is -2.46. The van der Waals surface area contributed by atoms with Crippen LogP contribution < -0.4 is 15.4 Å². The molecule has 0 spiro atoms. The van der Waals surface area contributed by atoms with Gasteiger partial charge in [0.05, 0.1) is 5.69 Å².